The Bertz CT molecular complexity index is 531. The molecule has 0 saturated heterocycles. The lowest BCUT2D eigenvalue weighted by molar-refractivity contribution is -0.265. The van der Waals surface area contributed by atoms with Crippen molar-refractivity contribution in [2.75, 3.05) is 6.61 Å². The third kappa shape index (κ3) is 2.42. The fraction of sp³-hybridized carbons (Fsp3) is 0.364. The minimum absolute atomic E-state index is 0.0389. The zero-order valence-electron chi connectivity index (χ0n) is 10.1. The highest BCUT2D eigenvalue weighted by molar-refractivity contribution is 5.99. The number of ketones is 1. The number of rotatable bonds is 3. The number of ether oxygens (including phenoxy) is 1. The monoisotopic (exact) mass is 239 g/mol. The molecule has 0 aliphatic heterocycles. The minimum Gasteiger partial charge on any atom is -0.462 e. The number of carbonyl (C=O) groups is 2. The van der Waals surface area contributed by atoms with Crippen molar-refractivity contribution in [3.63, 3.8) is 0 Å². The molecule has 0 aliphatic carbocycles. The lowest BCUT2D eigenvalue weighted by atomic mass is 10.1. The van der Waals surface area contributed by atoms with E-state index >= 15 is 0 Å². The molecule has 3 N–H and O–H groups in total. The van der Waals surface area contributed by atoms with Crippen molar-refractivity contribution in [2.24, 2.45) is 7.05 Å². The summed E-state index contributed by atoms with van der Waals surface area (Å²) in [6.45, 7) is 3.17. The Labute approximate surface area is 98.0 Å². The number of hydrogen-bond acceptors (Lipinski definition) is 4. The van der Waals surface area contributed by atoms with Gasteiger partial charge < -0.3 is 10.5 Å². The van der Waals surface area contributed by atoms with Crippen LogP contribution in [0.2, 0.25) is 0 Å². The fourth-order valence-electron chi connectivity index (χ4n) is 1.41. The first kappa shape index (κ1) is 13.1. The topological polar surface area (TPSA) is 93.0 Å². The van der Waals surface area contributed by atoms with Crippen LogP contribution in [-0.2, 0) is 11.8 Å². The summed E-state index contributed by atoms with van der Waals surface area (Å²) in [5, 5.41) is 0. The summed E-state index contributed by atoms with van der Waals surface area (Å²) in [5.74, 6) is -0.745. The summed E-state index contributed by atoms with van der Waals surface area (Å²) in [5.41, 5.74) is 3.27. The molecule has 1 heterocycles. The Balaban J connectivity index is 3.47. The molecule has 0 saturated carbocycles. The maximum atomic E-state index is 11.7. The largest absolute Gasteiger partial charge is 0.462 e. The summed E-state index contributed by atoms with van der Waals surface area (Å²) < 4.78 is 6.00. The number of nitrogens with zero attached hydrogens (tertiary/aromatic N) is 1. The molecule has 0 unspecified atom stereocenters. The molecule has 1 aromatic rings. The highest BCUT2D eigenvalue weighted by Gasteiger charge is 2.21. The molecule has 92 valence electrons. The van der Waals surface area contributed by atoms with Gasteiger partial charge in [0.1, 0.15) is 5.56 Å². The summed E-state index contributed by atoms with van der Waals surface area (Å²) in [7, 11) is 1.46. The first-order chi connectivity index (χ1) is 7.90. The molecule has 0 radical (unpaired) electrons. The number of pyridine rings is 1. The molecule has 1 aromatic heterocycles. The van der Waals surface area contributed by atoms with Gasteiger partial charge in [-0.1, -0.05) is 0 Å². The summed E-state index contributed by atoms with van der Waals surface area (Å²) >= 11 is 0. The summed E-state index contributed by atoms with van der Waals surface area (Å²) in [4.78, 5) is 34.6. The lowest BCUT2D eigenvalue weighted by Gasteiger charge is -2.07. The van der Waals surface area contributed by atoms with Gasteiger partial charge in [-0.05, 0) is 19.9 Å². The van der Waals surface area contributed by atoms with E-state index in [9.17, 15) is 14.4 Å². The molecule has 0 atom stereocenters. The maximum absolute atomic E-state index is 11.7. The van der Waals surface area contributed by atoms with Gasteiger partial charge in [0.15, 0.2) is 5.78 Å². The van der Waals surface area contributed by atoms with E-state index in [4.69, 9.17) is 4.74 Å². The summed E-state index contributed by atoms with van der Waals surface area (Å²) in [6, 6.07) is 1.24. The van der Waals surface area contributed by atoms with Gasteiger partial charge in [0.05, 0.1) is 12.2 Å². The van der Waals surface area contributed by atoms with Crippen LogP contribution in [0.4, 0.5) is 5.82 Å². The number of carbonyl (C=O) groups excluding carboxylic acids is 2. The van der Waals surface area contributed by atoms with Crippen molar-refractivity contribution in [1.82, 2.24) is 4.57 Å². The normalized spacial score (nSPS) is 10.1. The molecule has 0 bridgehead atoms. The van der Waals surface area contributed by atoms with E-state index < -0.39 is 17.3 Å². The van der Waals surface area contributed by atoms with Gasteiger partial charge in [-0.3, -0.25) is 14.2 Å². The molecule has 0 spiro atoms. The van der Waals surface area contributed by atoms with Crippen molar-refractivity contribution in [3.05, 3.63) is 27.5 Å². The van der Waals surface area contributed by atoms with Gasteiger partial charge in [-0.25, -0.2) is 4.79 Å². The predicted octanol–water partition coefficient (Wildman–Crippen LogP) is -0.362. The third-order valence-electron chi connectivity index (χ3n) is 2.41. The van der Waals surface area contributed by atoms with Crippen LogP contribution in [0.5, 0.6) is 0 Å². The van der Waals surface area contributed by atoms with Gasteiger partial charge >= 0.3 is 5.97 Å². The van der Waals surface area contributed by atoms with Crippen LogP contribution >= 0.6 is 0 Å². The number of esters is 1. The van der Waals surface area contributed by atoms with E-state index in [-0.39, 0.29) is 23.6 Å². The number of aromatic nitrogens is 1. The quantitative estimate of drug-likeness (QED) is 0.575. The maximum Gasteiger partial charge on any atom is 0.345 e. The Morgan fingerprint density at radius 3 is 2.47 bits per heavy atom. The molecule has 6 nitrogen and oxygen atoms in total. The van der Waals surface area contributed by atoms with Crippen molar-refractivity contribution >= 4 is 17.6 Å². The van der Waals surface area contributed by atoms with Gasteiger partial charge in [0.25, 0.3) is 5.56 Å². The van der Waals surface area contributed by atoms with E-state index in [0.717, 1.165) is 0 Å². The van der Waals surface area contributed by atoms with Crippen LogP contribution in [0, 0.1) is 0 Å². The molecule has 0 amide bonds. The molecule has 6 heteroatoms. The SMILES string of the molecule is CCOC(=O)c1cc(C(C)=O)c(=O)n(C)c1[NH3+]. The highest BCUT2D eigenvalue weighted by Crippen LogP contribution is 2.10. The Morgan fingerprint density at radius 1 is 1.41 bits per heavy atom. The Hall–Kier alpha value is -1.95. The minimum atomic E-state index is -0.587. The van der Waals surface area contributed by atoms with Gasteiger partial charge in [0, 0.05) is 7.05 Å². The van der Waals surface area contributed by atoms with Crippen molar-refractivity contribution in [1.29, 1.82) is 0 Å². The fourth-order valence-corrected chi connectivity index (χ4v) is 1.41. The first-order valence-electron chi connectivity index (χ1n) is 5.14. The summed E-state index contributed by atoms with van der Waals surface area (Å²) in [6.07, 6.45) is 0. The van der Waals surface area contributed by atoms with Crippen molar-refractivity contribution in [3.8, 4) is 0 Å². The van der Waals surface area contributed by atoms with E-state index in [1.54, 1.807) is 6.92 Å². The standard InChI is InChI=1S/C11H14N2O4/c1-4-17-11(16)8-5-7(6(2)14)10(15)13(3)9(8)12/h5H,4,12H2,1-3H3/p+1. The second-order valence-corrected chi connectivity index (χ2v) is 3.56. The smallest absolute Gasteiger partial charge is 0.345 e. The molecule has 0 aromatic carbocycles. The lowest BCUT2D eigenvalue weighted by Crippen LogP contribution is -2.48. The van der Waals surface area contributed by atoms with Gasteiger partial charge in [0.2, 0.25) is 5.82 Å². The van der Waals surface area contributed by atoms with Crippen molar-refractivity contribution < 1.29 is 20.1 Å². The molecular formula is C11H15N2O4+. The van der Waals surface area contributed by atoms with Crippen LogP contribution in [-0.4, -0.2) is 22.9 Å². The zero-order chi connectivity index (χ0) is 13.2. The average Bonchev–Trinajstić information content (AvgIpc) is 2.26. The predicted molar refractivity (Wildman–Crippen MR) is 60.2 cm³/mol. The van der Waals surface area contributed by atoms with E-state index in [2.05, 4.69) is 5.73 Å². The first-order valence-corrected chi connectivity index (χ1v) is 5.14. The van der Waals surface area contributed by atoms with Gasteiger partial charge in [-0.2, -0.15) is 0 Å². The Kier molecular flexibility index (Phi) is 3.80. The van der Waals surface area contributed by atoms with Crippen LogP contribution in [0.15, 0.2) is 10.9 Å². The van der Waals surface area contributed by atoms with Crippen LogP contribution < -0.4 is 11.3 Å². The Morgan fingerprint density at radius 2 is 2.00 bits per heavy atom. The average molecular weight is 239 g/mol. The van der Waals surface area contributed by atoms with Crippen LogP contribution in [0.1, 0.15) is 34.6 Å². The molecule has 0 fully saturated rings. The molecule has 1 rings (SSSR count). The zero-order valence-corrected chi connectivity index (χ0v) is 10.1. The van der Waals surface area contributed by atoms with E-state index in [1.165, 1.54) is 24.6 Å². The molecule has 0 aliphatic rings. The van der Waals surface area contributed by atoms with Gasteiger partial charge in [-0.15, -0.1) is 0 Å². The second-order valence-electron chi connectivity index (χ2n) is 3.56. The van der Waals surface area contributed by atoms with E-state index in [1.807, 2.05) is 0 Å². The van der Waals surface area contributed by atoms with Crippen molar-refractivity contribution in [2.45, 2.75) is 13.8 Å². The molecular weight excluding hydrogens is 224 g/mol. The number of quaternary nitrogens is 1. The third-order valence-corrected chi connectivity index (χ3v) is 2.41. The number of Topliss-reactive ketones (excluding diaryl/α,β-unsaturated/α-hetero) is 1. The highest BCUT2D eigenvalue weighted by atomic mass is 16.5. The number of hydrogen-bond donors (Lipinski definition) is 1. The molecule has 17 heavy (non-hydrogen) atoms. The van der Waals surface area contributed by atoms with Crippen LogP contribution in [0.3, 0.4) is 0 Å². The van der Waals surface area contributed by atoms with Crippen LogP contribution in [0.25, 0.3) is 0 Å². The second kappa shape index (κ2) is 4.92. The van der Waals surface area contributed by atoms with E-state index in [0.29, 0.717) is 0 Å².